The first-order valence-corrected chi connectivity index (χ1v) is 3.27. The van der Waals surface area contributed by atoms with Crippen LogP contribution in [-0.2, 0) is 9.53 Å². The molecule has 0 aromatic heterocycles. The summed E-state index contributed by atoms with van der Waals surface area (Å²) in [6.07, 6.45) is 1.95. The molecule has 0 fully saturated rings. The van der Waals surface area contributed by atoms with Crippen molar-refractivity contribution in [2.45, 2.75) is 13.8 Å². The second kappa shape index (κ2) is 5.46. The topological polar surface area (TPSA) is 55.4 Å². The SMILES string of the molecule is CCOC(=O)N/C=C\C(C)=O. The van der Waals surface area contributed by atoms with Gasteiger partial charge < -0.3 is 4.74 Å². The van der Waals surface area contributed by atoms with E-state index in [0.29, 0.717) is 6.61 Å². The maximum atomic E-state index is 10.5. The van der Waals surface area contributed by atoms with Gasteiger partial charge in [-0.2, -0.15) is 0 Å². The summed E-state index contributed by atoms with van der Waals surface area (Å²) in [5.74, 6) is -0.123. The molecule has 0 aromatic carbocycles. The third kappa shape index (κ3) is 6.57. The molecule has 0 unspecified atom stereocenters. The first kappa shape index (κ1) is 9.68. The van der Waals surface area contributed by atoms with Crippen LogP contribution < -0.4 is 5.32 Å². The van der Waals surface area contributed by atoms with E-state index in [2.05, 4.69) is 10.1 Å². The normalized spacial score (nSPS) is 9.64. The molecule has 1 N–H and O–H groups in total. The molecule has 11 heavy (non-hydrogen) atoms. The van der Waals surface area contributed by atoms with Crippen LogP contribution in [0.2, 0.25) is 0 Å². The molecule has 1 amide bonds. The quantitative estimate of drug-likeness (QED) is 0.617. The second-order valence-corrected chi connectivity index (χ2v) is 1.81. The number of carbonyl (C=O) groups excluding carboxylic acids is 2. The summed E-state index contributed by atoms with van der Waals surface area (Å²) in [5.41, 5.74) is 0. The minimum atomic E-state index is -0.551. The summed E-state index contributed by atoms with van der Waals surface area (Å²) < 4.78 is 4.51. The van der Waals surface area contributed by atoms with Gasteiger partial charge in [0.25, 0.3) is 0 Å². The Bertz CT molecular complexity index is 175. The zero-order valence-corrected chi connectivity index (χ0v) is 6.59. The van der Waals surface area contributed by atoms with Crippen LogP contribution >= 0.6 is 0 Å². The highest BCUT2D eigenvalue weighted by Crippen LogP contribution is 1.77. The van der Waals surface area contributed by atoms with Gasteiger partial charge in [0.05, 0.1) is 6.61 Å². The molecule has 62 valence electrons. The van der Waals surface area contributed by atoms with Gasteiger partial charge in [0.1, 0.15) is 0 Å². The molecule has 0 aliphatic heterocycles. The first-order valence-electron chi connectivity index (χ1n) is 3.27. The number of amides is 1. The number of alkyl carbamates (subject to hydrolysis) is 1. The molecule has 0 aliphatic carbocycles. The lowest BCUT2D eigenvalue weighted by Gasteiger charge is -1.97. The lowest BCUT2D eigenvalue weighted by molar-refractivity contribution is -0.112. The highest BCUT2D eigenvalue weighted by molar-refractivity contribution is 5.87. The van der Waals surface area contributed by atoms with Gasteiger partial charge in [0.2, 0.25) is 0 Å². The number of ether oxygens (including phenoxy) is 1. The number of carbonyl (C=O) groups is 2. The van der Waals surface area contributed by atoms with Gasteiger partial charge in [-0.1, -0.05) is 0 Å². The minimum Gasteiger partial charge on any atom is -0.450 e. The van der Waals surface area contributed by atoms with Crippen LogP contribution in [0.15, 0.2) is 12.3 Å². The summed E-state index contributed by atoms with van der Waals surface area (Å²) in [4.78, 5) is 20.8. The number of ketones is 1. The van der Waals surface area contributed by atoms with E-state index in [4.69, 9.17) is 0 Å². The van der Waals surface area contributed by atoms with E-state index in [1.165, 1.54) is 19.2 Å². The van der Waals surface area contributed by atoms with Crippen molar-refractivity contribution in [2.75, 3.05) is 6.61 Å². The first-order chi connectivity index (χ1) is 5.16. The fourth-order valence-electron chi connectivity index (χ4n) is 0.400. The molecule has 0 rings (SSSR count). The monoisotopic (exact) mass is 157 g/mol. The average Bonchev–Trinajstić information content (AvgIpc) is 1.87. The van der Waals surface area contributed by atoms with Crippen molar-refractivity contribution in [1.82, 2.24) is 5.32 Å². The molecule has 0 spiro atoms. The molecule has 0 aliphatic rings. The highest BCUT2D eigenvalue weighted by atomic mass is 16.5. The molecule has 0 bridgehead atoms. The van der Waals surface area contributed by atoms with Gasteiger partial charge in [-0.3, -0.25) is 10.1 Å². The molecule has 0 atom stereocenters. The Labute approximate surface area is 65.2 Å². The van der Waals surface area contributed by atoms with E-state index in [1.54, 1.807) is 6.92 Å². The van der Waals surface area contributed by atoms with Gasteiger partial charge >= 0.3 is 6.09 Å². The zero-order valence-electron chi connectivity index (χ0n) is 6.59. The van der Waals surface area contributed by atoms with E-state index in [9.17, 15) is 9.59 Å². The van der Waals surface area contributed by atoms with Crippen LogP contribution in [0.3, 0.4) is 0 Å². The Morgan fingerprint density at radius 1 is 1.55 bits per heavy atom. The zero-order chi connectivity index (χ0) is 8.69. The number of rotatable bonds is 3. The fourth-order valence-corrected chi connectivity index (χ4v) is 0.400. The predicted octanol–water partition coefficient (Wildman–Crippen LogP) is 0.835. The lowest BCUT2D eigenvalue weighted by Crippen LogP contribution is -2.18. The standard InChI is InChI=1S/C7H11NO3/c1-3-11-7(10)8-5-4-6(2)9/h4-5H,3H2,1-2H3,(H,8,10)/b5-4-. The van der Waals surface area contributed by atoms with Gasteiger partial charge in [-0.05, 0) is 19.9 Å². The summed E-state index contributed by atoms with van der Waals surface area (Å²) in [7, 11) is 0. The third-order valence-electron chi connectivity index (χ3n) is 0.795. The Morgan fingerprint density at radius 2 is 2.18 bits per heavy atom. The van der Waals surface area contributed by atoms with E-state index in [0.717, 1.165) is 0 Å². The largest absolute Gasteiger partial charge is 0.450 e. The van der Waals surface area contributed by atoms with Crippen molar-refractivity contribution in [3.8, 4) is 0 Å². The Morgan fingerprint density at radius 3 is 2.64 bits per heavy atom. The molecule has 0 radical (unpaired) electrons. The highest BCUT2D eigenvalue weighted by Gasteiger charge is 1.93. The second-order valence-electron chi connectivity index (χ2n) is 1.81. The average molecular weight is 157 g/mol. The van der Waals surface area contributed by atoms with Crippen LogP contribution in [-0.4, -0.2) is 18.5 Å². The maximum Gasteiger partial charge on any atom is 0.411 e. The Kier molecular flexibility index (Phi) is 4.81. The Balaban J connectivity index is 3.53. The van der Waals surface area contributed by atoms with Crippen LogP contribution in [0.4, 0.5) is 4.79 Å². The summed E-state index contributed by atoms with van der Waals surface area (Å²) in [6.45, 7) is 3.41. The molecule has 4 heteroatoms. The summed E-state index contributed by atoms with van der Waals surface area (Å²) >= 11 is 0. The smallest absolute Gasteiger partial charge is 0.411 e. The summed E-state index contributed by atoms with van der Waals surface area (Å²) in [6, 6.07) is 0. The van der Waals surface area contributed by atoms with Crippen molar-refractivity contribution >= 4 is 11.9 Å². The van der Waals surface area contributed by atoms with Gasteiger partial charge in [0.15, 0.2) is 5.78 Å². The lowest BCUT2D eigenvalue weighted by atomic mass is 10.4. The molecule has 4 nitrogen and oxygen atoms in total. The van der Waals surface area contributed by atoms with Crippen molar-refractivity contribution in [3.05, 3.63) is 12.3 Å². The number of hydrogen-bond donors (Lipinski definition) is 1. The van der Waals surface area contributed by atoms with Crippen molar-refractivity contribution < 1.29 is 14.3 Å². The summed E-state index contributed by atoms with van der Waals surface area (Å²) in [5, 5.41) is 2.25. The maximum absolute atomic E-state index is 10.5. The predicted molar refractivity (Wildman–Crippen MR) is 40.0 cm³/mol. The minimum absolute atomic E-state index is 0.123. The van der Waals surface area contributed by atoms with Crippen LogP contribution in [0, 0.1) is 0 Å². The van der Waals surface area contributed by atoms with Crippen molar-refractivity contribution in [3.63, 3.8) is 0 Å². The van der Waals surface area contributed by atoms with E-state index in [1.807, 2.05) is 0 Å². The Hall–Kier alpha value is -1.32. The molecule has 0 heterocycles. The number of nitrogens with one attached hydrogen (secondary N) is 1. The fraction of sp³-hybridized carbons (Fsp3) is 0.429. The van der Waals surface area contributed by atoms with E-state index >= 15 is 0 Å². The van der Waals surface area contributed by atoms with Crippen LogP contribution in [0.1, 0.15) is 13.8 Å². The molecule has 0 saturated carbocycles. The molecular formula is C7H11NO3. The van der Waals surface area contributed by atoms with Gasteiger partial charge in [0, 0.05) is 6.20 Å². The van der Waals surface area contributed by atoms with E-state index < -0.39 is 6.09 Å². The van der Waals surface area contributed by atoms with Gasteiger partial charge in [-0.25, -0.2) is 4.79 Å². The number of hydrogen-bond acceptors (Lipinski definition) is 3. The van der Waals surface area contributed by atoms with E-state index in [-0.39, 0.29) is 5.78 Å². The molecule has 0 saturated heterocycles. The number of allylic oxidation sites excluding steroid dienone is 1. The van der Waals surface area contributed by atoms with Crippen molar-refractivity contribution in [2.24, 2.45) is 0 Å². The van der Waals surface area contributed by atoms with Crippen LogP contribution in [0.5, 0.6) is 0 Å². The van der Waals surface area contributed by atoms with Gasteiger partial charge in [-0.15, -0.1) is 0 Å². The van der Waals surface area contributed by atoms with Crippen LogP contribution in [0.25, 0.3) is 0 Å². The van der Waals surface area contributed by atoms with Crippen molar-refractivity contribution in [1.29, 1.82) is 0 Å². The third-order valence-corrected chi connectivity index (χ3v) is 0.795. The molecule has 0 aromatic rings. The molecular weight excluding hydrogens is 146 g/mol.